The lowest BCUT2D eigenvalue weighted by molar-refractivity contribution is -0.138. The Balaban J connectivity index is 2.32. The minimum Gasteiger partial charge on any atom is -0.462 e. The van der Waals surface area contributed by atoms with Gasteiger partial charge in [0, 0.05) is 0 Å². The van der Waals surface area contributed by atoms with Crippen molar-refractivity contribution in [3.63, 3.8) is 0 Å². The standard InChI is InChI=1S/C15H21NO2/c1-5-18-14(17)13(8-16)12-7-10-6-11(12)9(2)15(10,3)4/h9-11H,5-7H2,1-4H3. The Hall–Kier alpha value is -1.30. The number of ether oxygens (including phenoxy) is 1. The maximum absolute atomic E-state index is 11.8. The normalized spacial score (nSPS) is 35.2. The highest BCUT2D eigenvalue weighted by atomic mass is 16.5. The molecule has 0 saturated heterocycles. The molecule has 2 bridgehead atoms. The molecule has 0 amide bonds. The Morgan fingerprint density at radius 2 is 2.22 bits per heavy atom. The van der Waals surface area contributed by atoms with Crippen molar-refractivity contribution >= 4 is 5.97 Å². The number of nitrogens with zero attached hydrogens (tertiary/aromatic N) is 1. The zero-order valence-corrected chi connectivity index (χ0v) is 11.6. The van der Waals surface area contributed by atoms with Crippen LogP contribution in [0.1, 0.15) is 40.5 Å². The smallest absolute Gasteiger partial charge is 0.348 e. The van der Waals surface area contributed by atoms with Crippen LogP contribution in [0.4, 0.5) is 0 Å². The highest BCUT2D eigenvalue weighted by Gasteiger charge is 2.53. The summed E-state index contributed by atoms with van der Waals surface area (Å²) < 4.78 is 4.98. The highest BCUT2D eigenvalue weighted by molar-refractivity contribution is 5.94. The molecule has 0 aliphatic heterocycles. The second-order valence-electron chi connectivity index (χ2n) is 6.09. The van der Waals surface area contributed by atoms with E-state index in [-0.39, 0.29) is 5.57 Å². The number of esters is 1. The van der Waals surface area contributed by atoms with Crippen LogP contribution < -0.4 is 0 Å². The van der Waals surface area contributed by atoms with Crippen molar-refractivity contribution in [2.45, 2.75) is 40.5 Å². The fourth-order valence-electron chi connectivity index (χ4n) is 3.65. The number of fused-ring (bicyclic) bond motifs is 2. The quantitative estimate of drug-likeness (QED) is 0.428. The summed E-state index contributed by atoms with van der Waals surface area (Å²) in [5.41, 5.74) is 1.64. The fourth-order valence-corrected chi connectivity index (χ4v) is 3.65. The summed E-state index contributed by atoms with van der Waals surface area (Å²) in [6.45, 7) is 8.94. The molecule has 0 spiro atoms. The lowest BCUT2D eigenvalue weighted by Gasteiger charge is -2.37. The van der Waals surface area contributed by atoms with Crippen molar-refractivity contribution in [2.75, 3.05) is 6.61 Å². The van der Waals surface area contributed by atoms with Crippen LogP contribution in [0, 0.1) is 34.5 Å². The first-order valence-corrected chi connectivity index (χ1v) is 6.73. The van der Waals surface area contributed by atoms with Crippen LogP contribution in [0.5, 0.6) is 0 Å². The summed E-state index contributed by atoms with van der Waals surface area (Å²) in [7, 11) is 0. The van der Waals surface area contributed by atoms with E-state index in [4.69, 9.17) is 4.74 Å². The number of nitriles is 1. The molecule has 3 unspecified atom stereocenters. The number of hydrogen-bond donors (Lipinski definition) is 0. The molecule has 98 valence electrons. The summed E-state index contributed by atoms with van der Waals surface area (Å²) in [6, 6.07) is 2.07. The van der Waals surface area contributed by atoms with Crippen molar-refractivity contribution in [1.29, 1.82) is 5.26 Å². The van der Waals surface area contributed by atoms with E-state index in [2.05, 4.69) is 26.8 Å². The van der Waals surface area contributed by atoms with Gasteiger partial charge in [-0.2, -0.15) is 5.26 Å². The zero-order chi connectivity index (χ0) is 13.5. The predicted molar refractivity (Wildman–Crippen MR) is 68.4 cm³/mol. The molecule has 3 heteroatoms. The van der Waals surface area contributed by atoms with Gasteiger partial charge in [-0.1, -0.05) is 20.8 Å². The van der Waals surface area contributed by atoms with Gasteiger partial charge in [0.15, 0.2) is 0 Å². The Labute approximate surface area is 109 Å². The van der Waals surface area contributed by atoms with E-state index in [9.17, 15) is 10.1 Å². The van der Waals surface area contributed by atoms with E-state index in [0.717, 1.165) is 18.4 Å². The predicted octanol–water partition coefficient (Wildman–Crippen LogP) is 3.07. The van der Waals surface area contributed by atoms with Gasteiger partial charge < -0.3 is 4.74 Å². The third-order valence-corrected chi connectivity index (χ3v) is 5.19. The number of carbonyl (C=O) groups is 1. The van der Waals surface area contributed by atoms with Crippen LogP contribution >= 0.6 is 0 Å². The van der Waals surface area contributed by atoms with Gasteiger partial charge in [0.25, 0.3) is 0 Å². The number of rotatable bonds is 2. The average molecular weight is 247 g/mol. The molecule has 0 aromatic carbocycles. The van der Waals surface area contributed by atoms with E-state index in [1.54, 1.807) is 6.92 Å². The monoisotopic (exact) mass is 247 g/mol. The molecule has 2 aliphatic rings. The van der Waals surface area contributed by atoms with E-state index in [0.29, 0.717) is 29.8 Å². The van der Waals surface area contributed by atoms with Crippen LogP contribution in [-0.4, -0.2) is 12.6 Å². The average Bonchev–Trinajstić information content (AvgIpc) is 2.81. The van der Waals surface area contributed by atoms with Crippen molar-refractivity contribution in [3.8, 4) is 6.07 Å². The highest BCUT2D eigenvalue weighted by Crippen LogP contribution is 2.61. The van der Waals surface area contributed by atoms with Crippen molar-refractivity contribution in [2.24, 2.45) is 23.2 Å². The molecule has 18 heavy (non-hydrogen) atoms. The molecule has 2 saturated carbocycles. The first kappa shape index (κ1) is 13.1. The first-order chi connectivity index (χ1) is 8.43. The lowest BCUT2D eigenvalue weighted by Crippen LogP contribution is -2.30. The van der Waals surface area contributed by atoms with Gasteiger partial charge >= 0.3 is 5.97 Å². The Morgan fingerprint density at radius 3 is 2.67 bits per heavy atom. The second-order valence-corrected chi connectivity index (χ2v) is 6.09. The molecule has 3 atom stereocenters. The maximum atomic E-state index is 11.8. The summed E-state index contributed by atoms with van der Waals surface area (Å²) in [5.74, 6) is 1.09. The van der Waals surface area contributed by atoms with Gasteiger partial charge in [-0.3, -0.25) is 0 Å². The van der Waals surface area contributed by atoms with Crippen LogP contribution in [0.25, 0.3) is 0 Å². The number of carbonyl (C=O) groups excluding carboxylic acids is 1. The zero-order valence-electron chi connectivity index (χ0n) is 11.6. The van der Waals surface area contributed by atoms with E-state index in [1.807, 2.05) is 0 Å². The third-order valence-electron chi connectivity index (χ3n) is 5.19. The molecule has 2 rings (SSSR count). The second kappa shape index (κ2) is 4.42. The Kier molecular flexibility index (Phi) is 3.23. The van der Waals surface area contributed by atoms with Gasteiger partial charge in [0.2, 0.25) is 0 Å². The Morgan fingerprint density at radius 1 is 1.56 bits per heavy atom. The fraction of sp³-hybridized carbons (Fsp3) is 0.733. The topological polar surface area (TPSA) is 50.1 Å². The minimum absolute atomic E-state index is 0.270. The van der Waals surface area contributed by atoms with Crippen LogP contribution in [0.15, 0.2) is 11.1 Å². The minimum atomic E-state index is -0.437. The van der Waals surface area contributed by atoms with Crippen LogP contribution in [0.3, 0.4) is 0 Å². The Bertz CT molecular complexity index is 438. The SMILES string of the molecule is CCOC(=O)C(C#N)=C1CC2CC1C(C)C2(C)C. The molecule has 0 radical (unpaired) electrons. The van der Waals surface area contributed by atoms with Gasteiger partial charge in [0.05, 0.1) is 6.61 Å². The molecular formula is C15H21NO2. The summed E-state index contributed by atoms with van der Waals surface area (Å²) >= 11 is 0. The van der Waals surface area contributed by atoms with E-state index < -0.39 is 5.97 Å². The summed E-state index contributed by atoms with van der Waals surface area (Å²) in [5, 5.41) is 9.22. The van der Waals surface area contributed by atoms with Crippen molar-refractivity contribution in [3.05, 3.63) is 11.1 Å². The molecule has 0 N–H and O–H groups in total. The van der Waals surface area contributed by atoms with Crippen molar-refractivity contribution < 1.29 is 9.53 Å². The first-order valence-electron chi connectivity index (χ1n) is 6.73. The largest absolute Gasteiger partial charge is 0.462 e. The van der Waals surface area contributed by atoms with E-state index >= 15 is 0 Å². The lowest BCUT2D eigenvalue weighted by atomic mass is 9.67. The van der Waals surface area contributed by atoms with Gasteiger partial charge in [-0.15, -0.1) is 0 Å². The van der Waals surface area contributed by atoms with Crippen molar-refractivity contribution in [1.82, 2.24) is 0 Å². The molecule has 0 aromatic heterocycles. The molecule has 3 nitrogen and oxygen atoms in total. The van der Waals surface area contributed by atoms with Crippen LogP contribution in [0.2, 0.25) is 0 Å². The van der Waals surface area contributed by atoms with E-state index in [1.165, 1.54) is 0 Å². The third kappa shape index (κ3) is 1.75. The van der Waals surface area contributed by atoms with Crippen LogP contribution in [-0.2, 0) is 9.53 Å². The van der Waals surface area contributed by atoms with Gasteiger partial charge in [-0.05, 0) is 48.5 Å². The summed E-state index contributed by atoms with van der Waals surface area (Å²) in [6.07, 6.45) is 2.01. The summed E-state index contributed by atoms with van der Waals surface area (Å²) in [4.78, 5) is 11.8. The number of allylic oxidation sites excluding steroid dienone is 1. The number of hydrogen-bond acceptors (Lipinski definition) is 3. The molecule has 0 heterocycles. The molecular weight excluding hydrogens is 226 g/mol. The molecule has 0 aromatic rings. The molecule has 2 aliphatic carbocycles. The molecule has 2 fully saturated rings. The maximum Gasteiger partial charge on any atom is 0.348 e. The van der Waals surface area contributed by atoms with Gasteiger partial charge in [-0.25, -0.2) is 4.79 Å². The van der Waals surface area contributed by atoms with Gasteiger partial charge in [0.1, 0.15) is 11.6 Å².